The maximum atomic E-state index is 12.7. The molecule has 130 valence electrons. The number of aromatic nitrogens is 2. The normalized spacial score (nSPS) is 16.3. The Labute approximate surface area is 153 Å². The van der Waals surface area contributed by atoms with E-state index in [1.165, 1.54) is 22.6 Å². The molecule has 1 N–H and O–H groups in total. The Bertz CT molecular complexity index is 1140. The van der Waals surface area contributed by atoms with E-state index < -0.39 is 0 Å². The van der Waals surface area contributed by atoms with Crippen LogP contribution >= 0.6 is 11.3 Å². The van der Waals surface area contributed by atoms with Crippen LogP contribution in [-0.2, 0) is 13.0 Å². The minimum Gasteiger partial charge on any atom is -0.464 e. The second-order valence-corrected chi connectivity index (χ2v) is 7.49. The number of aromatic amines is 1. The smallest absolute Gasteiger partial charge is 0.260 e. The summed E-state index contributed by atoms with van der Waals surface area (Å²) in [6.07, 6.45) is 2.63. The maximum Gasteiger partial charge on any atom is 0.260 e. The standard InChI is InChI=1S/C20H17N3O2S/c1-12-9-13-5-2-3-6-15(13)23(12)10-17-21-19(24)18-14(11-26-20(18)22-17)16-7-4-8-25-16/h2-8,11-12H,9-10H2,1H3,(H,21,22,24)/t12-/m0/s1. The Hall–Kier alpha value is -2.86. The van der Waals surface area contributed by atoms with E-state index in [0.717, 1.165) is 16.8 Å². The Morgan fingerprint density at radius 3 is 3.04 bits per heavy atom. The Morgan fingerprint density at radius 1 is 1.31 bits per heavy atom. The number of anilines is 1. The molecule has 1 atom stereocenters. The van der Waals surface area contributed by atoms with Crippen LogP contribution in [0.15, 0.2) is 57.3 Å². The van der Waals surface area contributed by atoms with E-state index >= 15 is 0 Å². The zero-order valence-electron chi connectivity index (χ0n) is 14.2. The van der Waals surface area contributed by atoms with E-state index in [-0.39, 0.29) is 5.56 Å². The molecule has 0 spiro atoms. The first-order valence-corrected chi connectivity index (χ1v) is 9.47. The summed E-state index contributed by atoms with van der Waals surface area (Å²) < 4.78 is 5.45. The average molecular weight is 363 g/mol. The molecule has 1 aliphatic rings. The number of fused-ring (bicyclic) bond motifs is 2. The van der Waals surface area contributed by atoms with Crippen LogP contribution in [-0.4, -0.2) is 16.0 Å². The lowest BCUT2D eigenvalue weighted by Crippen LogP contribution is -2.30. The second kappa shape index (κ2) is 5.85. The van der Waals surface area contributed by atoms with Crippen molar-refractivity contribution in [2.24, 2.45) is 0 Å². The van der Waals surface area contributed by atoms with Gasteiger partial charge in [0.1, 0.15) is 16.4 Å². The topological polar surface area (TPSA) is 62.1 Å². The molecule has 4 aromatic rings. The quantitative estimate of drug-likeness (QED) is 0.593. The summed E-state index contributed by atoms with van der Waals surface area (Å²) in [6.45, 7) is 2.80. The molecule has 6 heteroatoms. The first-order chi connectivity index (χ1) is 12.7. The molecule has 26 heavy (non-hydrogen) atoms. The van der Waals surface area contributed by atoms with E-state index in [1.54, 1.807) is 6.26 Å². The fraction of sp³-hybridized carbons (Fsp3) is 0.200. The molecule has 3 aromatic heterocycles. The number of hydrogen-bond acceptors (Lipinski definition) is 5. The van der Waals surface area contributed by atoms with Gasteiger partial charge in [-0.25, -0.2) is 4.98 Å². The van der Waals surface area contributed by atoms with Crippen LogP contribution in [0.2, 0.25) is 0 Å². The molecule has 0 radical (unpaired) electrons. The minimum atomic E-state index is -0.113. The Balaban J connectivity index is 1.54. The molecule has 1 aliphatic heterocycles. The molecule has 1 aromatic carbocycles. The summed E-state index contributed by atoms with van der Waals surface area (Å²) in [5.41, 5.74) is 3.26. The van der Waals surface area contributed by atoms with Gasteiger partial charge in [0.2, 0.25) is 0 Å². The number of rotatable bonds is 3. The molecule has 0 bridgehead atoms. The number of nitrogens with one attached hydrogen (secondary N) is 1. The van der Waals surface area contributed by atoms with E-state index in [1.807, 2.05) is 17.5 Å². The van der Waals surface area contributed by atoms with Crippen molar-refractivity contribution in [1.29, 1.82) is 0 Å². The molecule has 0 amide bonds. The lowest BCUT2D eigenvalue weighted by Gasteiger charge is -2.24. The number of nitrogens with zero attached hydrogens (tertiary/aromatic N) is 2. The SMILES string of the molecule is C[C@H]1Cc2ccccc2N1Cc1nc2scc(-c3ccco3)c2c(=O)[nH]1. The summed E-state index contributed by atoms with van der Waals surface area (Å²) in [5.74, 6) is 1.39. The average Bonchev–Trinajstić information content (AvgIpc) is 3.34. The fourth-order valence-corrected chi connectivity index (χ4v) is 4.66. The summed E-state index contributed by atoms with van der Waals surface area (Å²) >= 11 is 1.48. The number of furan rings is 1. The van der Waals surface area contributed by atoms with Crippen LogP contribution in [0.4, 0.5) is 5.69 Å². The van der Waals surface area contributed by atoms with Gasteiger partial charge in [-0.15, -0.1) is 11.3 Å². The third-order valence-electron chi connectivity index (χ3n) is 4.95. The number of H-pyrrole nitrogens is 1. The van der Waals surface area contributed by atoms with Gasteiger partial charge >= 0.3 is 0 Å². The van der Waals surface area contributed by atoms with E-state index in [9.17, 15) is 4.79 Å². The van der Waals surface area contributed by atoms with Crippen LogP contribution in [0, 0.1) is 0 Å². The molecule has 0 unspecified atom stereocenters. The third kappa shape index (κ3) is 2.37. The highest BCUT2D eigenvalue weighted by atomic mass is 32.1. The van der Waals surface area contributed by atoms with Gasteiger partial charge in [0.05, 0.1) is 18.2 Å². The summed E-state index contributed by atoms with van der Waals surface area (Å²) in [4.78, 5) is 23.5. The lowest BCUT2D eigenvalue weighted by molar-refractivity contribution is 0.583. The van der Waals surface area contributed by atoms with Gasteiger partial charge in [-0.05, 0) is 37.1 Å². The van der Waals surface area contributed by atoms with Crippen molar-refractivity contribution >= 4 is 27.2 Å². The Kier molecular flexibility index (Phi) is 3.46. The predicted molar refractivity (Wildman–Crippen MR) is 104 cm³/mol. The number of hydrogen-bond donors (Lipinski definition) is 1. The molecular formula is C20H17N3O2S. The van der Waals surface area contributed by atoms with Gasteiger partial charge in [-0.3, -0.25) is 4.79 Å². The molecule has 5 rings (SSSR count). The van der Waals surface area contributed by atoms with Crippen LogP contribution in [0.3, 0.4) is 0 Å². The first-order valence-electron chi connectivity index (χ1n) is 8.59. The van der Waals surface area contributed by atoms with Gasteiger partial charge in [0, 0.05) is 22.7 Å². The zero-order valence-corrected chi connectivity index (χ0v) is 15.0. The van der Waals surface area contributed by atoms with Crippen LogP contribution in [0.1, 0.15) is 18.3 Å². The van der Waals surface area contributed by atoms with E-state index in [0.29, 0.717) is 29.6 Å². The number of thiophene rings is 1. The highest BCUT2D eigenvalue weighted by Gasteiger charge is 2.26. The molecular weight excluding hydrogens is 346 g/mol. The lowest BCUT2D eigenvalue weighted by atomic mass is 10.1. The van der Waals surface area contributed by atoms with Crippen molar-refractivity contribution in [3.05, 3.63) is 69.8 Å². The molecule has 5 nitrogen and oxygen atoms in total. The number of para-hydroxylation sites is 1. The summed E-state index contributed by atoms with van der Waals surface area (Å²) in [7, 11) is 0. The van der Waals surface area contributed by atoms with Crippen molar-refractivity contribution < 1.29 is 4.42 Å². The van der Waals surface area contributed by atoms with Crippen LogP contribution < -0.4 is 10.5 Å². The van der Waals surface area contributed by atoms with Gasteiger partial charge in [0.25, 0.3) is 5.56 Å². The second-order valence-electron chi connectivity index (χ2n) is 6.63. The molecule has 0 aliphatic carbocycles. The van der Waals surface area contributed by atoms with Crippen molar-refractivity contribution in [3.8, 4) is 11.3 Å². The van der Waals surface area contributed by atoms with Crippen LogP contribution in [0.25, 0.3) is 21.5 Å². The minimum absolute atomic E-state index is 0.113. The molecule has 0 fully saturated rings. The maximum absolute atomic E-state index is 12.7. The molecule has 0 saturated heterocycles. The van der Waals surface area contributed by atoms with Gasteiger partial charge < -0.3 is 14.3 Å². The fourth-order valence-electron chi connectivity index (χ4n) is 3.71. The van der Waals surface area contributed by atoms with E-state index in [2.05, 4.69) is 41.1 Å². The predicted octanol–water partition coefficient (Wildman–Crippen LogP) is 4.20. The Morgan fingerprint density at radius 2 is 2.19 bits per heavy atom. The monoisotopic (exact) mass is 363 g/mol. The van der Waals surface area contributed by atoms with Gasteiger partial charge in [-0.1, -0.05) is 18.2 Å². The van der Waals surface area contributed by atoms with Gasteiger partial charge in [-0.2, -0.15) is 0 Å². The molecule has 4 heterocycles. The van der Waals surface area contributed by atoms with Crippen molar-refractivity contribution in [1.82, 2.24) is 9.97 Å². The van der Waals surface area contributed by atoms with Crippen LogP contribution in [0.5, 0.6) is 0 Å². The number of benzene rings is 1. The van der Waals surface area contributed by atoms with E-state index in [4.69, 9.17) is 9.40 Å². The van der Waals surface area contributed by atoms with Gasteiger partial charge in [0.15, 0.2) is 0 Å². The summed E-state index contributed by atoms with van der Waals surface area (Å²) in [5, 5.41) is 2.53. The van der Waals surface area contributed by atoms with Crippen molar-refractivity contribution in [2.45, 2.75) is 25.9 Å². The molecule has 0 saturated carbocycles. The largest absolute Gasteiger partial charge is 0.464 e. The highest BCUT2D eigenvalue weighted by molar-refractivity contribution is 7.17. The highest BCUT2D eigenvalue weighted by Crippen LogP contribution is 2.34. The third-order valence-corrected chi connectivity index (χ3v) is 5.82. The summed E-state index contributed by atoms with van der Waals surface area (Å²) in [6, 6.07) is 12.5. The first kappa shape index (κ1) is 15.4. The zero-order chi connectivity index (χ0) is 17.7. The van der Waals surface area contributed by atoms with Crippen molar-refractivity contribution in [2.75, 3.05) is 4.90 Å². The van der Waals surface area contributed by atoms with Crippen molar-refractivity contribution in [3.63, 3.8) is 0 Å².